The third-order valence-corrected chi connectivity index (χ3v) is 5.84. The topological polar surface area (TPSA) is 0 Å². The summed E-state index contributed by atoms with van der Waals surface area (Å²) in [6, 6.07) is 20.0. The Hall–Kier alpha value is -1.93. The molecule has 3 aromatic carbocycles. The second-order valence-electron chi connectivity index (χ2n) is 9.43. The molecule has 0 unspecified atom stereocenters. The van der Waals surface area contributed by atoms with Crippen LogP contribution < -0.4 is 0 Å². The molecule has 0 aliphatic rings. The highest BCUT2D eigenvalue weighted by atomic mass is 79.9. The van der Waals surface area contributed by atoms with E-state index in [1.54, 1.807) is 6.07 Å². The van der Waals surface area contributed by atoms with Crippen LogP contribution in [0, 0.1) is 5.82 Å². The van der Waals surface area contributed by atoms with Crippen LogP contribution in [0.4, 0.5) is 4.39 Å². The van der Waals surface area contributed by atoms with Gasteiger partial charge in [-0.2, -0.15) is 0 Å². The third kappa shape index (κ3) is 4.22. The summed E-state index contributed by atoms with van der Waals surface area (Å²) >= 11 is 3.65. The van der Waals surface area contributed by atoms with Gasteiger partial charge in [0.15, 0.2) is 0 Å². The van der Waals surface area contributed by atoms with Crippen molar-refractivity contribution in [2.45, 2.75) is 52.4 Å². The first-order valence-corrected chi connectivity index (χ1v) is 10.5. The van der Waals surface area contributed by atoms with Crippen molar-refractivity contribution in [1.29, 1.82) is 0 Å². The molecule has 0 radical (unpaired) electrons. The summed E-state index contributed by atoms with van der Waals surface area (Å²) < 4.78 is 15.9. The maximum Gasteiger partial charge on any atom is 0.131 e. The van der Waals surface area contributed by atoms with Crippen LogP contribution in [0.15, 0.2) is 65.1 Å². The quantitative estimate of drug-likeness (QED) is 0.375. The fourth-order valence-electron chi connectivity index (χ4n) is 3.39. The summed E-state index contributed by atoms with van der Waals surface area (Å²) in [5.41, 5.74) is 6.09. The summed E-state index contributed by atoms with van der Waals surface area (Å²) in [5, 5.41) is 0. The molecule has 3 rings (SSSR count). The van der Waals surface area contributed by atoms with E-state index in [0.717, 1.165) is 21.2 Å². The van der Waals surface area contributed by atoms with Crippen molar-refractivity contribution in [2.24, 2.45) is 0 Å². The van der Waals surface area contributed by atoms with E-state index in [0.29, 0.717) is 5.56 Å². The van der Waals surface area contributed by atoms with Crippen LogP contribution in [0.25, 0.3) is 22.3 Å². The molecule has 146 valence electrons. The molecule has 0 aliphatic carbocycles. The van der Waals surface area contributed by atoms with Crippen LogP contribution in [0.3, 0.4) is 0 Å². The van der Waals surface area contributed by atoms with Gasteiger partial charge >= 0.3 is 0 Å². The minimum Gasteiger partial charge on any atom is -0.206 e. The van der Waals surface area contributed by atoms with E-state index in [1.807, 2.05) is 12.1 Å². The lowest BCUT2D eigenvalue weighted by Crippen LogP contribution is -2.10. The van der Waals surface area contributed by atoms with E-state index >= 15 is 0 Å². The fraction of sp³-hybridized carbons (Fsp3) is 0.308. The second-order valence-corrected chi connectivity index (χ2v) is 10.3. The molecule has 0 nitrogen and oxygen atoms in total. The van der Waals surface area contributed by atoms with Gasteiger partial charge in [-0.3, -0.25) is 0 Å². The second kappa shape index (κ2) is 7.48. The summed E-state index contributed by atoms with van der Waals surface area (Å²) in [6.45, 7) is 13.1. The van der Waals surface area contributed by atoms with Gasteiger partial charge < -0.3 is 0 Å². The van der Waals surface area contributed by atoms with Crippen LogP contribution >= 0.6 is 15.9 Å². The average Bonchev–Trinajstić information content (AvgIpc) is 2.62. The molecule has 0 aromatic heterocycles. The van der Waals surface area contributed by atoms with Crippen LogP contribution in [0.1, 0.15) is 52.7 Å². The highest BCUT2D eigenvalue weighted by Gasteiger charge is 2.19. The molecule has 0 bridgehead atoms. The van der Waals surface area contributed by atoms with Crippen molar-refractivity contribution in [3.63, 3.8) is 0 Å². The van der Waals surface area contributed by atoms with E-state index in [1.165, 1.54) is 17.2 Å². The van der Waals surface area contributed by atoms with E-state index in [-0.39, 0.29) is 16.6 Å². The molecular weight excluding hydrogens is 411 g/mol. The van der Waals surface area contributed by atoms with Gasteiger partial charge in [0.25, 0.3) is 0 Å². The van der Waals surface area contributed by atoms with Crippen molar-refractivity contribution in [3.05, 3.63) is 82.1 Å². The lowest BCUT2D eigenvalue weighted by molar-refractivity contribution is 0.590. The Morgan fingerprint density at radius 1 is 0.571 bits per heavy atom. The number of benzene rings is 3. The standard InChI is InChI=1S/C26H28BrF/c1-25(2,3)19-11-7-17(8-12-19)23-21(27)15-16-22(28)24(23)18-9-13-20(14-10-18)26(4,5)6/h7-16H,1-6H3. The van der Waals surface area contributed by atoms with Gasteiger partial charge in [0.1, 0.15) is 5.82 Å². The Bertz CT molecular complexity index is 887. The third-order valence-electron chi connectivity index (χ3n) is 5.18. The van der Waals surface area contributed by atoms with E-state index in [4.69, 9.17) is 0 Å². The molecule has 0 aliphatic heterocycles. The van der Waals surface area contributed by atoms with Crippen molar-refractivity contribution in [2.75, 3.05) is 0 Å². The molecule has 0 N–H and O–H groups in total. The molecule has 0 spiro atoms. The monoisotopic (exact) mass is 438 g/mol. The van der Waals surface area contributed by atoms with Crippen LogP contribution in [-0.2, 0) is 10.8 Å². The smallest absolute Gasteiger partial charge is 0.131 e. The molecule has 28 heavy (non-hydrogen) atoms. The molecule has 0 fully saturated rings. The molecule has 0 heterocycles. The van der Waals surface area contributed by atoms with Crippen molar-refractivity contribution >= 4 is 15.9 Å². The highest BCUT2D eigenvalue weighted by Crippen LogP contribution is 2.40. The Labute approximate surface area is 176 Å². The predicted octanol–water partition coefficient (Wildman–Crippen LogP) is 8.52. The molecule has 2 heteroatoms. The van der Waals surface area contributed by atoms with Crippen LogP contribution in [0.2, 0.25) is 0 Å². The first kappa shape index (κ1) is 20.8. The lowest BCUT2D eigenvalue weighted by atomic mass is 9.84. The van der Waals surface area contributed by atoms with E-state index in [2.05, 4.69) is 93.9 Å². The number of hydrogen-bond donors (Lipinski definition) is 0. The summed E-state index contributed by atoms with van der Waals surface area (Å²) in [5.74, 6) is -0.207. The maximum atomic E-state index is 15.0. The summed E-state index contributed by atoms with van der Waals surface area (Å²) in [6.07, 6.45) is 0. The fourth-order valence-corrected chi connectivity index (χ4v) is 3.95. The molecule has 3 aromatic rings. The molecule has 0 atom stereocenters. The van der Waals surface area contributed by atoms with Gasteiger partial charge in [-0.15, -0.1) is 0 Å². The zero-order valence-corrected chi connectivity index (χ0v) is 19.1. The maximum absolute atomic E-state index is 15.0. The van der Waals surface area contributed by atoms with Gasteiger partial charge in [0.05, 0.1) is 0 Å². The highest BCUT2D eigenvalue weighted by molar-refractivity contribution is 9.10. The Kier molecular flexibility index (Phi) is 5.55. The van der Waals surface area contributed by atoms with Crippen molar-refractivity contribution < 1.29 is 4.39 Å². The normalized spacial score (nSPS) is 12.3. The van der Waals surface area contributed by atoms with Crippen LogP contribution in [0.5, 0.6) is 0 Å². The van der Waals surface area contributed by atoms with Gasteiger partial charge in [0, 0.05) is 15.6 Å². The zero-order valence-electron chi connectivity index (χ0n) is 17.5. The SMILES string of the molecule is CC(C)(C)c1ccc(-c2c(F)ccc(Br)c2-c2ccc(C(C)(C)C)cc2)cc1. The van der Waals surface area contributed by atoms with Gasteiger partial charge in [-0.05, 0) is 45.2 Å². The first-order chi connectivity index (χ1) is 13.0. The van der Waals surface area contributed by atoms with E-state index < -0.39 is 0 Å². The number of rotatable bonds is 2. The van der Waals surface area contributed by atoms with E-state index in [9.17, 15) is 4.39 Å². The minimum atomic E-state index is -0.207. The Morgan fingerprint density at radius 3 is 1.36 bits per heavy atom. The largest absolute Gasteiger partial charge is 0.206 e. The summed E-state index contributed by atoms with van der Waals surface area (Å²) in [7, 11) is 0. The molecule has 0 saturated heterocycles. The zero-order chi connectivity index (χ0) is 20.7. The first-order valence-electron chi connectivity index (χ1n) is 9.68. The number of halogens is 2. The van der Waals surface area contributed by atoms with Gasteiger partial charge in [0.2, 0.25) is 0 Å². The van der Waals surface area contributed by atoms with Gasteiger partial charge in [-0.25, -0.2) is 4.39 Å². The average molecular weight is 439 g/mol. The lowest BCUT2D eigenvalue weighted by Gasteiger charge is -2.21. The van der Waals surface area contributed by atoms with Crippen LogP contribution in [-0.4, -0.2) is 0 Å². The Balaban J connectivity index is 2.15. The molecular formula is C26H28BrF. The minimum absolute atomic E-state index is 0.0694. The van der Waals surface area contributed by atoms with Gasteiger partial charge in [-0.1, -0.05) is 106 Å². The molecule has 0 saturated carbocycles. The van der Waals surface area contributed by atoms with Crippen molar-refractivity contribution in [3.8, 4) is 22.3 Å². The van der Waals surface area contributed by atoms with Crippen molar-refractivity contribution in [1.82, 2.24) is 0 Å². The predicted molar refractivity (Wildman–Crippen MR) is 122 cm³/mol. The summed E-state index contributed by atoms with van der Waals surface area (Å²) in [4.78, 5) is 0. The number of hydrogen-bond acceptors (Lipinski definition) is 0. The molecule has 0 amide bonds. The Morgan fingerprint density at radius 2 is 0.964 bits per heavy atom.